The van der Waals surface area contributed by atoms with E-state index in [0.717, 1.165) is 30.9 Å². The molecular formula is C11H17N3OS. The first-order chi connectivity index (χ1) is 7.69. The number of aromatic nitrogens is 1. The molecule has 4 nitrogen and oxygen atoms in total. The van der Waals surface area contributed by atoms with Gasteiger partial charge in [-0.2, -0.15) is 0 Å². The SMILES string of the molecule is CCN(CCCO)c1ccc(C(N)=S)cn1. The van der Waals surface area contributed by atoms with Crippen molar-refractivity contribution in [3.63, 3.8) is 0 Å². The lowest BCUT2D eigenvalue weighted by Gasteiger charge is -2.21. The van der Waals surface area contributed by atoms with Gasteiger partial charge in [-0.3, -0.25) is 0 Å². The van der Waals surface area contributed by atoms with Crippen LogP contribution in [0.4, 0.5) is 5.82 Å². The van der Waals surface area contributed by atoms with Gasteiger partial charge in [0.1, 0.15) is 10.8 Å². The molecule has 1 rings (SSSR count). The molecule has 1 aromatic rings. The van der Waals surface area contributed by atoms with Crippen molar-refractivity contribution in [2.75, 3.05) is 24.6 Å². The van der Waals surface area contributed by atoms with Gasteiger partial charge in [-0.25, -0.2) is 4.98 Å². The monoisotopic (exact) mass is 239 g/mol. The van der Waals surface area contributed by atoms with Gasteiger partial charge in [-0.15, -0.1) is 0 Å². The Morgan fingerprint density at radius 2 is 2.31 bits per heavy atom. The normalized spacial score (nSPS) is 10.1. The van der Waals surface area contributed by atoms with Crippen LogP contribution >= 0.6 is 12.2 Å². The Kier molecular flexibility index (Phi) is 5.14. The lowest BCUT2D eigenvalue weighted by atomic mass is 10.2. The summed E-state index contributed by atoms with van der Waals surface area (Å²) in [6, 6.07) is 3.77. The van der Waals surface area contributed by atoms with Gasteiger partial charge in [0.2, 0.25) is 0 Å². The zero-order valence-electron chi connectivity index (χ0n) is 9.39. The largest absolute Gasteiger partial charge is 0.396 e. The van der Waals surface area contributed by atoms with E-state index in [9.17, 15) is 0 Å². The molecule has 0 amide bonds. The minimum Gasteiger partial charge on any atom is -0.396 e. The minimum atomic E-state index is 0.196. The first-order valence-electron chi connectivity index (χ1n) is 5.30. The summed E-state index contributed by atoms with van der Waals surface area (Å²) in [6.07, 6.45) is 2.42. The van der Waals surface area contributed by atoms with Crippen molar-refractivity contribution in [3.05, 3.63) is 23.9 Å². The number of nitrogens with two attached hydrogens (primary N) is 1. The number of pyridine rings is 1. The molecule has 16 heavy (non-hydrogen) atoms. The van der Waals surface area contributed by atoms with Crippen LogP contribution in [-0.4, -0.2) is 34.8 Å². The molecule has 0 radical (unpaired) electrons. The Bertz CT molecular complexity index is 340. The fourth-order valence-electron chi connectivity index (χ4n) is 1.42. The Morgan fingerprint density at radius 1 is 1.56 bits per heavy atom. The van der Waals surface area contributed by atoms with Gasteiger partial charge in [-0.05, 0) is 25.5 Å². The average Bonchev–Trinajstić information content (AvgIpc) is 2.30. The second-order valence-electron chi connectivity index (χ2n) is 3.43. The van der Waals surface area contributed by atoms with Crippen LogP contribution in [0.5, 0.6) is 0 Å². The molecule has 5 heteroatoms. The molecule has 0 saturated carbocycles. The summed E-state index contributed by atoms with van der Waals surface area (Å²) >= 11 is 4.86. The number of anilines is 1. The second kappa shape index (κ2) is 6.40. The standard InChI is InChI=1S/C11H17N3OS/c1-2-14(6-3-7-15)10-5-4-9(8-13-10)11(12)16/h4-5,8,15H,2-3,6-7H2,1H3,(H2,12,16). The molecule has 0 aliphatic heterocycles. The fraction of sp³-hybridized carbons (Fsp3) is 0.455. The molecule has 0 bridgehead atoms. The van der Waals surface area contributed by atoms with Crippen molar-refractivity contribution in [1.29, 1.82) is 0 Å². The van der Waals surface area contributed by atoms with Crippen LogP contribution in [0.3, 0.4) is 0 Å². The van der Waals surface area contributed by atoms with Gasteiger partial charge in [0.25, 0.3) is 0 Å². The summed E-state index contributed by atoms with van der Waals surface area (Å²) < 4.78 is 0. The maximum Gasteiger partial charge on any atom is 0.128 e. The predicted molar refractivity (Wildman–Crippen MR) is 69.7 cm³/mol. The van der Waals surface area contributed by atoms with Crippen molar-refractivity contribution < 1.29 is 5.11 Å². The summed E-state index contributed by atoms with van der Waals surface area (Å²) in [4.78, 5) is 6.76. The summed E-state index contributed by atoms with van der Waals surface area (Å²) in [5.41, 5.74) is 6.27. The van der Waals surface area contributed by atoms with Crippen LogP contribution in [0.1, 0.15) is 18.9 Å². The lowest BCUT2D eigenvalue weighted by Crippen LogP contribution is -2.25. The number of aliphatic hydroxyl groups excluding tert-OH is 1. The van der Waals surface area contributed by atoms with Crippen LogP contribution in [0.2, 0.25) is 0 Å². The maximum atomic E-state index is 8.79. The summed E-state index contributed by atoms with van der Waals surface area (Å²) in [5.74, 6) is 0.885. The topological polar surface area (TPSA) is 62.4 Å². The molecule has 0 saturated heterocycles. The third-order valence-electron chi connectivity index (χ3n) is 2.32. The Morgan fingerprint density at radius 3 is 2.75 bits per heavy atom. The Hall–Kier alpha value is -1.20. The molecule has 0 aromatic carbocycles. The smallest absolute Gasteiger partial charge is 0.128 e. The van der Waals surface area contributed by atoms with Crippen molar-refractivity contribution in [3.8, 4) is 0 Å². The van der Waals surface area contributed by atoms with Crippen molar-refractivity contribution in [2.24, 2.45) is 5.73 Å². The molecular weight excluding hydrogens is 222 g/mol. The van der Waals surface area contributed by atoms with E-state index in [4.69, 9.17) is 23.1 Å². The van der Waals surface area contributed by atoms with Crippen LogP contribution in [0, 0.1) is 0 Å². The molecule has 0 aliphatic carbocycles. The molecule has 0 fully saturated rings. The molecule has 0 spiro atoms. The van der Waals surface area contributed by atoms with Crippen molar-refractivity contribution >= 4 is 23.0 Å². The average molecular weight is 239 g/mol. The van der Waals surface area contributed by atoms with E-state index in [1.54, 1.807) is 6.20 Å². The third kappa shape index (κ3) is 3.43. The number of rotatable bonds is 6. The molecule has 3 N–H and O–H groups in total. The zero-order valence-corrected chi connectivity index (χ0v) is 10.2. The van der Waals surface area contributed by atoms with E-state index in [2.05, 4.69) is 16.8 Å². The molecule has 0 aliphatic rings. The summed E-state index contributed by atoms with van der Waals surface area (Å²) in [7, 11) is 0. The molecule has 1 aromatic heterocycles. The van der Waals surface area contributed by atoms with E-state index in [0.29, 0.717) is 4.99 Å². The van der Waals surface area contributed by atoms with Crippen molar-refractivity contribution in [1.82, 2.24) is 4.98 Å². The Balaban J connectivity index is 2.74. The maximum absolute atomic E-state index is 8.79. The zero-order chi connectivity index (χ0) is 12.0. The van der Waals surface area contributed by atoms with Gasteiger partial charge in [-0.1, -0.05) is 12.2 Å². The summed E-state index contributed by atoms with van der Waals surface area (Å²) in [5, 5.41) is 8.79. The molecule has 0 unspecified atom stereocenters. The number of thiocarbonyl (C=S) groups is 1. The summed E-state index contributed by atoms with van der Waals surface area (Å²) in [6.45, 7) is 3.91. The van der Waals surface area contributed by atoms with Crippen LogP contribution < -0.4 is 10.6 Å². The number of aliphatic hydroxyl groups is 1. The molecule has 88 valence electrons. The first-order valence-corrected chi connectivity index (χ1v) is 5.71. The van der Waals surface area contributed by atoms with Gasteiger partial charge < -0.3 is 15.7 Å². The quantitative estimate of drug-likeness (QED) is 0.723. The van der Waals surface area contributed by atoms with E-state index >= 15 is 0 Å². The van der Waals surface area contributed by atoms with Gasteiger partial charge in [0.05, 0.1) is 0 Å². The minimum absolute atomic E-state index is 0.196. The van der Waals surface area contributed by atoms with E-state index < -0.39 is 0 Å². The molecule has 1 heterocycles. The Labute approximate surface area is 101 Å². The highest BCUT2D eigenvalue weighted by molar-refractivity contribution is 7.80. The van der Waals surface area contributed by atoms with Crippen LogP contribution in [-0.2, 0) is 0 Å². The highest BCUT2D eigenvalue weighted by Gasteiger charge is 2.05. The van der Waals surface area contributed by atoms with Gasteiger partial charge in [0, 0.05) is 31.5 Å². The van der Waals surface area contributed by atoms with Gasteiger partial charge in [0.15, 0.2) is 0 Å². The number of hydrogen-bond donors (Lipinski definition) is 2. The highest BCUT2D eigenvalue weighted by Crippen LogP contribution is 2.11. The third-order valence-corrected chi connectivity index (χ3v) is 2.56. The van der Waals surface area contributed by atoms with E-state index in [-0.39, 0.29) is 6.61 Å². The highest BCUT2D eigenvalue weighted by atomic mass is 32.1. The molecule has 0 atom stereocenters. The fourth-order valence-corrected chi connectivity index (χ4v) is 1.54. The lowest BCUT2D eigenvalue weighted by molar-refractivity contribution is 0.289. The van der Waals surface area contributed by atoms with Crippen LogP contribution in [0.15, 0.2) is 18.3 Å². The number of hydrogen-bond acceptors (Lipinski definition) is 4. The number of nitrogens with zero attached hydrogens (tertiary/aromatic N) is 2. The second-order valence-corrected chi connectivity index (χ2v) is 3.87. The van der Waals surface area contributed by atoms with Crippen molar-refractivity contribution in [2.45, 2.75) is 13.3 Å². The van der Waals surface area contributed by atoms with E-state index in [1.807, 2.05) is 12.1 Å². The van der Waals surface area contributed by atoms with Gasteiger partial charge >= 0.3 is 0 Å². The predicted octanol–water partition coefficient (Wildman–Crippen LogP) is 0.925. The first kappa shape index (κ1) is 12.9. The van der Waals surface area contributed by atoms with E-state index in [1.165, 1.54) is 0 Å². The van der Waals surface area contributed by atoms with Crippen LogP contribution in [0.25, 0.3) is 0 Å².